The Morgan fingerprint density at radius 1 is 0.842 bits per heavy atom. The van der Waals surface area contributed by atoms with Crippen molar-refractivity contribution in [2.75, 3.05) is 73.7 Å². The molecule has 0 bridgehead atoms. The first-order valence-corrected chi connectivity index (χ1v) is 8.00. The molecule has 0 aromatic rings. The molecule has 0 spiro atoms. The average Bonchev–Trinajstić information content (AvgIpc) is 2.90. The predicted molar refractivity (Wildman–Crippen MR) is 81.0 cm³/mol. The summed E-state index contributed by atoms with van der Waals surface area (Å²) in [4.78, 5) is 7.63. The quantitative estimate of drug-likeness (QED) is 0.506. The van der Waals surface area contributed by atoms with Gasteiger partial charge in [0.25, 0.3) is 0 Å². The molecule has 0 amide bonds. The van der Waals surface area contributed by atoms with Gasteiger partial charge in [0.05, 0.1) is 33.9 Å². The molecule has 2 aliphatic heterocycles. The van der Waals surface area contributed by atoms with Gasteiger partial charge in [0.15, 0.2) is 0 Å². The summed E-state index contributed by atoms with van der Waals surface area (Å²) < 4.78 is 1.18. The minimum absolute atomic E-state index is 1.18. The van der Waals surface area contributed by atoms with Crippen molar-refractivity contribution in [1.82, 2.24) is 14.7 Å². The van der Waals surface area contributed by atoms with E-state index in [1.54, 1.807) is 0 Å². The smallest absolute Gasteiger partial charge is 0.134 e. The first-order valence-electron chi connectivity index (χ1n) is 8.00. The Bertz CT molecular complexity index is 267. The van der Waals surface area contributed by atoms with E-state index >= 15 is 0 Å². The summed E-state index contributed by atoms with van der Waals surface area (Å²) in [7, 11) is 6.90. The van der Waals surface area contributed by atoms with Crippen LogP contribution in [0.4, 0.5) is 0 Å². The van der Waals surface area contributed by atoms with E-state index in [1.165, 1.54) is 82.8 Å². The van der Waals surface area contributed by atoms with E-state index in [2.05, 4.69) is 35.8 Å². The summed E-state index contributed by atoms with van der Waals surface area (Å²) in [6.07, 6.45) is 5.59. The van der Waals surface area contributed by atoms with E-state index in [9.17, 15) is 0 Å². The molecule has 0 aliphatic carbocycles. The van der Waals surface area contributed by atoms with Crippen molar-refractivity contribution < 1.29 is 4.48 Å². The summed E-state index contributed by atoms with van der Waals surface area (Å²) in [5.74, 6) is 0. The molecule has 19 heavy (non-hydrogen) atoms. The number of hydrogen-bond acceptors (Lipinski definition) is 3. The Morgan fingerprint density at radius 3 is 2.05 bits per heavy atom. The minimum atomic E-state index is 1.18. The van der Waals surface area contributed by atoms with Crippen LogP contribution in [0.15, 0.2) is 0 Å². The fraction of sp³-hybridized carbons (Fsp3) is 1.00. The van der Waals surface area contributed by atoms with Gasteiger partial charge in [0, 0.05) is 19.6 Å². The Kier molecular flexibility index (Phi) is 5.63. The van der Waals surface area contributed by atoms with Crippen molar-refractivity contribution >= 4 is 0 Å². The highest BCUT2D eigenvalue weighted by molar-refractivity contribution is 4.67. The number of likely N-dealkylation sites (N-methyl/N-ethyl adjacent to an activating group) is 2. The third-order valence-electron chi connectivity index (χ3n) is 4.54. The molecule has 0 unspecified atom stereocenters. The summed E-state index contributed by atoms with van der Waals surface area (Å²) >= 11 is 0. The van der Waals surface area contributed by atoms with E-state index in [4.69, 9.17) is 0 Å². The van der Waals surface area contributed by atoms with Crippen LogP contribution in [-0.2, 0) is 0 Å². The lowest BCUT2D eigenvalue weighted by Gasteiger charge is -2.23. The van der Waals surface area contributed by atoms with E-state index in [1.807, 2.05) is 0 Å². The summed E-state index contributed by atoms with van der Waals surface area (Å²) in [5.41, 5.74) is 0. The van der Waals surface area contributed by atoms with Crippen LogP contribution >= 0.6 is 0 Å². The number of nitrogens with zero attached hydrogens (tertiary/aromatic N) is 4. The van der Waals surface area contributed by atoms with E-state index in [0.717, 1.165) is 0 Å². The third kappa shape index (κ3) is 5.38. The van der Waals surface area contributed by atoms with Gasteiger partial charge in [0.2, 0.25) is 0 Å². The fourth-order valence-electron chi connectivity index (χ4n) is 3.28. The standard InChI is InChI=1S/C15H33N4/c1-16-10-11-17(14-16)8-6-4-5-7-9-18-12-13-19(2,3)15-18/h4-15H2,1-3H3/q+1. The normalized spacial score (nSPS) is 25.4. The van der Waals surface area contributed by atoms with E-state index < -0.39 is 0 Å². The summed E-state index contributed by atoms with van der Waals surface area (Å²) in [5, 5.41) is 0. The molecule has 0 atom stereocenters. The van der Waals surface area contributed by atoms with Gasteiger partial charge in [-0.05, 0) is 26.4 Å². The van der Waals surface area contributed by atoms with Gasteiger partial charge in [-0.3, -0.25) is 14.7 Å². The minimum Gasteiger partial charge on any atom is -0.315 e. The number of quaternary nitrogens is 1. The number of rotatable bonds is 7. The van der Waals surface area contributed by atoms with Crippen LogP contribution < -0.4 is 0 Å². The maximum Gasteiger partial charge on any atom is 0.134 e. The maximum absolute atomic E-state index is 2.63. The molecular weight excluding hydrogens is 236 g/mol. The largest absolute Gasteiger partial charge is 0.315 e. The Labute approximate surface area is 119 Å². The fourth-order valence-corrected chi connectivity index (χ4v) is 3.28. The van der Waals surface area contributed by atoms with Gasteiger partial charge in [-0.15, -0.1) is 0 Å². The molecule has 0 N–H and O–H groups in total. The average molecular weight is 269 g/mol. The number of hydrogen-bond donors (Lipinski definition) is 0. The first-order chi connectivity index (χ1) is 9.05. The second-order valence-electron chi connectivity index (χ2n) is 7.17. The van der Waals surface area contributed by atoms with E-state index in [0.29, 0.717) is 0 Å². The highest BCUT2D eigenvalue weighted by Gasteiger charge is 2.27. The molecule has 0 aromatic carbocycles. The molecular formula is C15H33N4+. The molecule has 2 saturated heterocycles. The van der Waals surface area contributed by atoms with Gasteiger partial charge in [-0.1, -0.05) is 12.8 Å². The van der Waals surface area contributed by atoms with Crippen LogP contribution in [0.2, 0.25) is 0 Å². The molecule has 4 heteroatoms. The van der Waals surface area contributed by atoms with Gasteiger partial charge in [0.1, 0.15) is 6.67 Å². The lowest BCUT2D eigenvalue weighted by Crippen LogP contribution is -2.38. The molecule has 2 fully saturated rings. The SMILES string of the molecule is CN1CCN(CCCCCCN2CC[N+](C)(C)C2)C1. The van der Waals surface area contributed by atoms with Gasteiger partial charge >= 0.3 is 0 Å². The highest BCUT2D eigenvalue weighted by atomic mass is 15.5. The molecule has 112 valence electrons. The van der Waals surface area contributed by atoms with Gasteiger partial charge < -0.3 is 4.48 Å². The van der Waals surface area contributed by atoms with Crippen molar-refractivity contribution in [1.29, 1.82) is 0 Å². The first kappa shape index (κ1) is 15.2. The van der Waals surface area contributed by atoms with Crippen molar-refractivity contribution in [2.24, 2.45) is 0 Å². The second kappa shape index (κ2) is 7.02. The molecule has 0 saturated carbocycles. The van der Waals surface area contributed by atoms with Crippen LogP contribution in [0.5, 0.6) is 0 Å². The Balaban J connectivity index is 1.42. The predicted octanol–water partition coefficient (Wildman–Crippen LogP) is 1.10. The van der Waals surface area contributed by atoms with Gasteiger partial charge in [-0.25, -0.2) is 0 Å². The van der Waals surface area contributed by atoms with Crippen molar-refractivity contribution in [3.05, 3.63) is 0 Å². The summed E-state index contributed by atoms with van der Waals surface area (Å²) in [6, 6.07) is 0. The van der Waals surface area contributed by atoms with Crippen LogP contribution in [0.1, 0.15) is 25.7 Å². The monoisotopic (exact) mass is 269 g/mol. The van der Waals surface area contributed by atoms with Crippen molar-refractivity contribution in [3.63, 3.8) is 0 Å². The lowest BCUT2D eigenvalue weighted by atomic mass is 10.2. The van der Waals surface area contributed by atoms with Crippen LogP contribution in [0.25, 0.3) is 0 Å². The zero-order valence-electron chi connectivity index (χ0n) is 13.3. The number of unbranched alkanes of at least 4 members (excludes halogenated alkanes) is 3. The second-order valence-corrected chi connectivity index (χ2v) is 7.17. The third-order valence-corrected chi connectivity index (χ3v) is 4.54. The molecule has 4 nitrogen and oxygen atoms in total. The van der Waals surface area contributed by atoms with Crippen molar-refractivity contribution in [2.45, 2.75) is 25.7 Å². The molecule has 0 aromatic heterocycles. The maximum atomic E-state index is 2.63. The highest BCUT2D eigenvalue weighted by Crippen LogP contribution is 2.12. The van der Waals surface area contributed by atoms with Crippen LogP contribution in [-0.4, -0.2) is 92.9 Å². The van der Waals surface area contributed by atoms with Crippen molar-refractivity contribution in [3.8, 4) is 0 Å². The molecule has 2 rings (SSSR count). The zero-order valence-corrected chi connectivity index (χ0v) is 13.3. The Morgan fingerprint density at radius 2 is 1.53 bits per heavy atom. The van der Waals surface area contributed by atoms with E-state index in [-0.39, 0.29) is 0 Å². The topological polar surface area (TPSA) is 9.72 Å². The molecule has 2 heterocycles. The van der Waals surface area contributed by atoms with Crippen LogP contribution in [0, 0.1) is 0 Å². The Hall–Kier alpha value is -0.160. The van der Waals surface area contributed by atoms with Crippen LogP contribution in [0.3, 0.4) is 0 Å². The summed E-state index contributed by atoms with van der Waals surface area (Å²) in [6.45, 7) is 10.2. The zero-order chi connectivity index (χ0) is 13.7. The lowest BCUT2D eigenvalue weighted by molar-refractivity contribution is -0.882. The van der Waals surface area contributed by atoms with Gasteiger partial charge in [-0.2, -0.15) is 0 Å². The molecule has 0 radical (unpaired) electrons. The molecule has 2 aliphatic rings.